The average molecular weight is 144 g/mol. The minimum absolute atomic E-state index is 0.0610. The molecule has 1 aliphatic rings. The molecular weight excluding hydrogens is 132 g/mol. The Morgan fingerprint density at radius 1 is 1.70 bits per heavy atom. The molecule has 0 fully saturated rings. The first kappa shape index (κ1) is 7.57. The van der Waals surface area contributed by atoms with Crippen LogP contribution in [0.3, 0.4) is 0 Å². The summed E-state index contributed by atoms with van der Waals surface area (Å²) >= 11 is 0. The molecule has 0 aromatic rings. The van der Waals surface area contributed by atoms with Crippen molar-refractivity contribution in [1.82, 2.24) is 0 Å². The Kier molecular flexibility index (Phi) is 2.29. The van der Waals surface area contributed by atoms with Gasteiger partial charge in [-0.3, -0.25) is 0 Å². The Hall–Kier alpha value is -0.540. The highest BCUT2D eigenvalue weighted by Crippen LogP contribution is 2.18. The minimum atomic E-state index is -0.723. The van der Waals surface area contributed by atoms with Gasteiger partial charge in [0.1, 0.15) is 11.9 Å². The topological polar surface area (TPSA) is 49.7 Å². The fourth-order valence-electron chi connectivity index (χ4n) is 1.05. The maximum Gasteiger partial charge on any atom is 0.117 e. The molecule has 2 unspecified atom stereocenters. The standard InChI is InChI=1S/C7H12O3/c1-10-5-2-3-6(8)7(9)4-5/h3,5,7-9H,2,4H2,1H3. The zero-order valence-electron chi connectivity index (χ0n) is 5.95. The second kappa shape index (κ2) is 3.03. The van der Waals surface area contributed by atoms with Gasteiger partial charge in [0.25, 0.3) is 0 Å². The molecule has 0 saturated heterocycles. The van der Waals surface area contributed by atoms with Crippen LogP contribution in [0.4, 0.5) is 0 Å². The summed E-state index contributed by atoms with van der Waals surface area (Å²) in [6.07, 6.45) is 2.13. The first-order valence-corrected chi connectivity index (χ1v) is 3.34. The fraction of sp³-hybridized carbons (Fsp3) is 0.714. The summed E-state index contributed by atoms with van der Waals surface area (Å²) in [6.45, 7) is 0. The lowest BCUT2D eigenvalue weighted by Crippen LogP contribution is -2.25. The molecule has 0 radical (unpaired) electrons. The van der Waals surface area contributed by atoms with Crippen molar-refractivity contribution in [3.8, 4) is 0 Å². The van der Waals surface area contributed by atoms with Gasteiger partial charge in [-0.2, -0.15) is 0 Å². The predicted octanol–water partition coefficient (Wildman–Crippen LogP) is 0.598. The van der Waals surface area contributed by atoms with E-state index in [4.69, 9.17) is 14.9 Å². The summed E-state index contributed by atoms with van der Waals surface area (Å²) in [5, 5.41) is 18.0. The van der Waals surface area contributed by atoms with Crippen LogP contribution in [-0.2, 0) is 4.74 Å². The first-order chi connectivity index (χ1) is 4.74. The molecule has 10 heavy (non-hydrogen) atoms. The summed E-state index contributed by atoms with van der Waals surface area (Å²) in [4.78, 5) is 0. The van der Waals surface area contributed by atoms with E-state index >= 15 is 0 Å². The lowest BCUT2D eigenvalue weighted by atomic mass is 10.0. The molecule has 3 nitrogen and oxygen atoms in total. The van der Waals surface area contributed by atoms with E-state index in [0.29, 0.717) is 12.8 Å². The zero-order valence-corrected chi connectivity index (χ0v) is 5.95. The van der Waals surface area contributed by atoms with Gasteiger partial charge in [0, 0.05) is 13.5 Å². The molecule has 2 N–H and O–H groups in total. The molecule has 0 aliphatic heterocycles. The molecule has 1 rings (SSSR count). The molecule has 3 heteroatoms. The van der Waals surface area contributed by atoms with Crippen LogP contribution in [0.5, 0.6) is 0 Å². The summed E-state index contributed by atoms with van der Waals surface area (Å²) in [5.41, 5.74) is 0. The molecule has 0 amide bonds. The van der Waals surface area contributed by atoms with Gasteiger partial charge in [0.05, 0.1) is 6.10 Å². The normalized spacial score (nSPS) is 33.6. The van der Waals surface area contributed by atoms with E-state index in [1.165, 1.54) is 0 Å². The Labute approximate surface area is 59.9 Å². The van der Waals surface area contributed by atoms with Crippen LogP contribution in [0.25, 0.3) is 0 Å². The Morgan fingerprint density at radius 2 is 2.40 bits per heavy atom. The molecule has 0 saturated carbocycles. The summed E-state index contributed by atoms with van der Waals surface area (Å²) in [6, 6.07) is 0. The van der Waals surface area contributed by atoms with Crippen molar-refractivity contribution < 1.29 is 14.9 Å². The van der Waals surface area contributed by atoms with Gasteiger partial charge < -0.3 is 14.9 Å². The van der Waals surface area contributed by atoms with Crippen molar-refractivity contribution in [3.63, 3.8) is 0 Å². The third-order valence-corrected chi connectivity index (χ3v) is 1.75. The number of rotatable bonds is 1. The van der Waals surface area contributed by atoms with Gasteiger partial charge in [0.15, 0.2) is 0 Å². The van der Waals surface area contributed by atoms with E-state index < -0.39 is 6.10 Å². The lowest BCUT2D eigenvalue weighted by molar-refractivity contribution is 0.0332. The molecule has 2 atom stereocenters. The Morgan fingerprint density at radius 3 is 2.90 bits per heavy atom. The highest BCUT2D eigenvalue weighted by molar-refractivity contribution is 5.04. The van der Waals surface area contributed by atoms with E-state index in [0.717, 1.165) is 0 Å². The number of aliphatic hydroxyl groups excluding tert-OH is 2. The largest absolute Gasteiger partial charge is 0.510 e. The van der Waals surface area contributed by atoms with Crippen LogP contribution in [0.1, 0.15) is 12.8 Å². The van der Waals surface area contributed by atoms with Crippen LogP contribution in [-0.4, -0.2) is 29.5 Å². The van der Waals surface area contributed by atoms with E-state index in [1.54, 1.807) is 13.2 Å². The van der Waals surface area contributed by atoms with Gasteiger partial charge in [-0.15, -0.1) is 0 Å². The zero-order chi connectivity index (χ0) is 7.56. The molecule has 0 aromatic heterocycles. The van der Waals surface area contributed by atoms with Crippen molar-refractivity contribution in [2.24, 2.45) is 0 Å². The SMILES string of the molecule is COC1CC=C(O)C(O)C1. The number of hydrogen-bond acceptors (Lipinski definition) is 3. The molecule has 58 valence electrons. The maximum absolute atomic E-state index is 9.08. The lowest BCUT2D eigenvalue weighted by Gasteiger charge is -2.21. The second-order valence-electron chi connectivity index (χ2n) is 2.47. The molecule has 0 aromatic carbocycles. The third-order valence-electron chi connectivity index (χ3n) is 1.75. The quantitative estimate of drug-likeness (QED) is 0.566. The van der Waals surface area contributed by atoms with Crippen molar-refractivity contribution in [2.75, 3.05) is 7.11 Å². The van der Waals surface area contributed by atoms with Crippen molar-refractivity contribution >= 4 is 0 Å². The molecule has 1 aliphatic carbocycles. The van der Waals surface area contributed by atoms with Crippen LogP contribution < -0.4 is 0 Å². The predicted molar refractivity (Wildman–Crippen MR) is 36.7 cm³/mol. The highest BCUT2D eigenvalue weighted by Gasteiger charge is 2.21. The smallest absolute Gasteiger partial charge is 0.117 e. The van der Waals surface area contributed by atoms with Crippen LogP contribution >= 0.6 is 0 Å². The van der Waals surface area contributed by atoms with Crippen molar-refractivity contribution in [2.45, 2.75) is 25.0 Å². The first-order valence-electron chi connectivity index (χ1n) is 3.34. The van der Waals surface area contributed by atoms with Crippen LogP contribution in [0.15, 0.2) is 11.8 Å². The maximum atomic E-state index is 9.08. The molecule has 0 heterocycles. The third kappa shape index (κ3) is 1.49. The number of methoxy groups -OCH3 is 1. The molecular formula is C7H12O3. The summed E-state index contributed by atoms with van der Waals surface area (Å²) in [5.74, 6) is 0.0771. The van der Waals surface area contributed by atoms with Gasteiger partial charge in [-0.25, -0.2) is 0 Å². The number of hydrogen-bond donors (Lipinski definition) is 2. The van der Waals surface area contributed by atoms with E-state index in [2.05, 4.69) is 0 Å². The fourth-order valence-corrected chi connectivity index (χ4v) is 1.05. The van der Waals surface area contributed by atoms with Gasteiger partial charge >= 0.3 is 0 Å². The number of ether oxygens (including phenoxy) is 1. The van der Waals surface area contributed by atoms with Gasteiger partial charge in [0.2, 0.25) is 0 Å². The second-order valence-corrected chi connectivity index (χ2v) is 2.47. The minimum Gasteiger partial charge on any atom is -0.510 e. The highest BCUT2D eigenvalue weighted by atomic mass is 16.5. The molecule has 0 bridgehead atoms. The average Bonchev–Trinajstić information content (AvgIpc) is 1.95. The number of aliphatic hydroxyl groups is 2. The Balaban J connectivity index is 2.51. The van der Waals surface area contributed by atoms with E-state index in [9.17, 15) is 0 Å². The summed E-state index contributed by atoms with van der Waals surface area (Å²) < 4.78 is 4.99. The Bertz CT molecular complexity index is 142. The van der Waals surface area contributed by atoms with Gasteiger partial charge in [-0.1, -0.05) is 0 Å². The van der Waals surface area contributed by atoms with Crippen molar-refractivity contribution in [1.29, 1.82) is 0 Å². The van der Waals surface area contributed by atoms with E-state index in [1.807, 2.05) is 0 Å². The van der Waals surface area contributed by atoms with Crippen LogP contribution in [0.2, 0.25) is 0 Å². The summed E-state index contributed by atoms with van der Waals surface area (Å²) in [7, 11) is 1.60. The molecule has 0 spiro atoms. The van der Waals surface area contributed by atoms with E-state index in [-0.39, 0.29) is 11.9 Å². The van der Waals surface area contributed by atoms with Gasteiger partial charge in [-0.05, 0) is 12.5 Å². The monoisotopic (exact) mass is 144 g/mol. The van der Waals surface area contributed by atoms with Crippen molar-refractivity contribution in [3.05, 3.63) is 11.8 Å². The van der Waals surface area contributed by atoms with Crippen LogP contribution in [0, 0.1) is 0 Å².